The van der Waals surface area contributed by atoms with Crippen LogP contribution in [0.1, 0.15) is 31.0 Å². The van der Waals surface area contributed by atoms with Gasteiger partial charge in [-0.3, -0.25) is 4.90 Å². The third-order valence-electron chi connectivity index (χ3n) is 4.25. The molecule has 0 bridgehead atoms. The fourth-order valence-electron chi connectivity index (χ4n) is 3.24. The van der Waals surface area contributed by atoms with Crippen LogP contribution in [0.2, 0.25) is 0 Å². The van der Waals surface area contributed by atoms with Crippen molar-refractivity contribution in [2.24, 2.45) is 11.7 Å². The van der Waals surface area contributed by atoms with Crippen molar-refractivity contribution >= 4 is 5.65 Å². The summed E-state index contributed by atoms with van der Waals surface area (Å²) >= 11 is 0. The summed E-state index contributed by atoms with van der Waals surface area (Å²) in [5, 5.41) is 0. The maximum absolute atomic E-state index is 6.00. The molecule has 4 heteroatoms. The molecular weight excluding hydrogens is 236 g/mol. The van der Waals surface area contributed by atoms with Crippen LogP contribution in [-0.4, -0.2) is 34.4 Å². The van der Waals surface area contributed by atoms with Crippen LogP contribution in [0.15, 0.2) is 30.6 Å². The van der Waals surface area contributed by atoms with E-state index in [4.69, 9.17) is 10.7 Å². The van der Waals surface area contributed by atoms with Crippen molar-refractivity contribution in [3.8, 4) is 0 Å². The Kier molecular flexibility index (Phi) is 3.53. The van der Waals surface area contributed by atoms with Crippen molar-refractivity contribution in [3.05, 3.63) is 36.3 Å². The summed E-state index contributed by atoms with van der Waals surface area (Å²) in [7, 11) is 2.20. The van der Waals surface area contributed by atoms with Crippen molar-refractivity contribution < 1.29 is 0 Å². The number of pyridine rings is 1. The SMILES string of the molecule is CN1CCCCC(CN)C1c1cn2ccccc2n1. The highest BCUT2D eigenvalue weighted by Crippen LogP contribution is 2.33. The summed E-state index contributed by atoms with van der Waals surface area (Å²) in [5.74, 6) is 0.511. The molecule has 0 spiro atoms. The summed E-state index contributed by atoms with van der Waals surface area (Å²) < 4.78 is 2.10. The van der Waals surface area contributed by atoms with Crippen molar-refractivity contribution in [3.63, 3.8) is 0 Å². The van der Waals surface area contributed by atoms with Gasteiger partial charge in [0.25, 0.3) is 0 Å². The standard InChI is InChI=1S/C15H22N4/c1-18-8-4-2-6-12(10-16)15(18)13-11-19-9-5-3-7-14(19)17-13/h3,5,7,9,11-12,15H,2,4,6,8,10,16H2,1H3. The van der Waals surface area contributed by atoms with Crippen molar-refractivity contribution in [2.75, 3.05) is 20.1 Å². The number of nitrogens with zero attached hydrogens (tertiary/aromatic N) is 3. The van der Waals surface area contributed by atoms with Gasteiger partial charge in [-0.2, -0.15) is 0 Å². The Hall–Kier alpha value is -1.39. The summed E-state index contributed by atoms with van der Waals surface area (Å²) in [6.45, 7) is 1.87. The van der Waals surface area contributed by atoms with Crippen LogP contribution in [0.25, 0.3) is 5.65 Å². The van der Waals surface area contributed by atoms with Crippen molar-refractivity contribution in [1.29, 1.82) is 0 Å². The van der Waals surface area contributed by atoms with Gasteiger partial charge >= 0.3 is 0 Å². The zero-order valence-electron chi connectivity index (χ0n) is 11.5. The van der Waals surface area contributed by atoms with E-state index in [2.05, 4.69) is 34.8 Å². The predicted octanol–water partition coefficient (Wildman–Crippen LogP) is 2.07. The summed E-state index contributed by atoms with van der Waals surface area (Å²) in [5.41, 5.74) is 8.17. The fourth-order valence-corrected chi connectivity index (χ4v) is 3.24. The molecule has 0 aliphatic carbocycles. The minimum atomic E-state index is 0.354. The van der Waals surface area contributed by atoms with Crippen LogP contribution in [0.3, 0.4) is 0 Å². The summed E-state index contributed by atoms with van der Waals surface area (Å²) in [6, 6.07) is 6.48. The Morgan fingerprint density at radius 3 is 3.05 bits per heavy atom. The molecule has 3 rings (SSSR count). The second-order valence-electron chi connectivity index (χ2n) is 5.55. The van der Waals surface area contributed by atoms with Gasteiger partial charge in [0, 0.05) is 12.4 Å². The van der Waals surface area contributed by atoms with E-state index in [9.17, 15) is 0 Å². The number of imidazole rings is 1. The number of aromatic nitrogens is 2. The number of hydrogen-bond acceptors (Lipinski definition) is 3. The molecule has 0 amide bonds. The van der Waals surface area contributed by atoms with E-state index in [-0.39, 0.29) is 0 Å². The van der Waals surface area contributed by atoms with Gasteiger partial charge in [0.15, 0.2) is 0 Å². The largest absolute Gasteiger partial charge is 0.330 e. The first-order valence-corrected chi connectivity index (χ1v) is 7.13. The molecule has 1 aliphatic heterocycles. The van der Waals surface area contributed by atoms with E-state index in [1.165, 1.54) is 19.3 Å². The first-order valence-electron chi connectivity index (χ1n) is 7.13. The lowest BCUT2D eigenvalue weighted by atomic mass is 9.93. The van der Waals surface area contributed by atoms with Crippen LogP contribution in [0, 0.1) is 5.92 Å². The lowest BCUT2D eigenvalue weighted by Gasteiger charge is -2.30. The highest BCUT2D eigenvalue weighted by atomic mass is 15.2. The van der Waals surface area contributed by atoms with E-state index in [1.54, 1.807) is 0 Å². The number of fused-ring (bicyclic) bond motifs is 1. The first kappa shape index (κ1) is 12.6. The van der Waals surface area contributed by atoms with E-state index >= 15 is 0 Å². The second kappa shape index (κ2) is 5.31. The Bertz CT molecular complexity index is 515. The number of nitrogens with two attached hydrogens (primary N) is 1. The van der Waals surface area contributed by atoms with E-state index < -0.39 is 0 Å². The zero-order valence-corrected chi connectivity index (χ0v) is 11.5. The van der Waals surface area contributed by atoms with Crippen molar-refractivity contribution in [1.82, 2.24) is 14.3 Å². The maximum Gasteiger partial charge on any atom is 0.137 e. The molecule has 0 aromatic carbocycles. The lowest BCUT2D eigenvalue weighted by molar-refractivity contribution is 0.192. The third kappa shape index (κ3) is 2.38. The maximum atomic E-state index is 6.00. The van der Waals surface area contributed by atoms with E-state index in [1.807, 2.05) is 12.1 Å². The predicted molar refractivity (Wildman–Crippen MR) is 77.0 cm³/mol. The zero-order chi connectivity index (χ0) is 13.2. The molecule has 1 saturated heterocycles. The molecule has 2 N–H and O–H groups in total. The van der Waals surface area contributed by atoms with E-state index in [0.717, 1.165) is 24.4 Å². The molecule has 3 heterocycles. The smallest absolute Gasteiger partial charge is 0.137 e. The molecule has 0 radical (unpaired) electrons. The van der Waals surface area contributed by atoms with Crippen LogP contribution in [0.4, 0.5) is 0 Å². The molecule has 2 atom stereocenters. The molecule has 1 aliphatic rings. The first-order chi connectivity index (χ1) is 9.29. The number of hydrogen-bond donors (Lipinski definition) is 1. The monoisotopic (exact) mass is 258 g/mol. The van der Waals surface area contributed by atoms with Gasteiger partial charge < -0.3 is 10.1 Å². The van der Waals surface area contributed by atoms with Crippen LogP contribution in [0.5, 0.6) is 0 Å². The Balaban J connectivity index is 2.00. The Morgan fingerprint density at radius 2 is 2.26 bits per heavy atom. The quantitative estimate of drug-likeness (QED) is 0.897. The highest BCUT2D eigenvalue weighted by Gasteiger charge is 2.29. The van der Waals surface area contributed by atoms with Gasteiger partial charge in [-0.1, -0.05) is 12.5 Å². The molecule has 0 saturated carbocycles. The number of likely N-dealkylation sites (tertiary alicyclic amines) is 1. The molecule has 2 unspecified atom stereocenters. The molecule has 19 heavy (non-hydrogen) atoms. The van der Waals surface area contributed by atoms with Gasteiger partial charge in [-0.25, -0.2) is 4.98 Å². The molecule has 2 aromatic heterocycles. The number of rotatable bonds is 2. The summed E-state index contributed by atoms with van der Waals surface area (Å²) in [4.78, 5) is 7.22. The van der Waals surface area contributed by atoms with Crippen LogP contribution < -0.4 is 5.73 Å². The van der Waals surface area contributed by atoms with Gasteiger partial charge in [0.1, 0.15) is 5.65 Å². The third-order valence-corrected chi connectivity index (χ3v) is 4.25. The average molecular weight is 258 g/mol. The molecule has 102 valence electrons. The highest BCUT2D eigenvalue weighted by molar-refractivity contribution is 5.40. The Morgan fingerprint density at radius 1 is 1.37 bits per heavy atom. The minimum absolute atomic E-state index is 0.354. The average Bonchev–Trinajstić information content (AvgIpc) is 2.75. The van der Waals surface area contributed by atoms with E-state index in [0.29, 0.717) is 12.0 Å². The lowest BCUT2D eigenvalue weighted by Crippen LogP contribution is -2.33. The van der Waals surface area contributed by atoms with Gasteiger partial charge in [0.05, 0.1) is 11.7 Å². The fraction of sp³-hybridized carbons (Fsp3) is 0.533. The Labute approximate surface area is 114 Å². The van der Waals surface area contributed by atoms with Gasteiger partial charge in [0.2, 0.25) is 0 Å². The second-order valence-corrected chi connectivity index (χ2v) is 5.55. The summed E-state index contributed by atoms with van der Waals surface area (Å²) in [6.07, 6.45) is 7.96. The van der Waals surface area contributed by atoms with Crippen LogP contribution >= 0.6 is 0 Å². The van der Waals surface area contributed by atoms with Crippen LogP contribution in [-0.2, 0) is 0 Å². The van der Waals surface area contributed by atoms with Crippen molar-refractivity contribution in [2.45, 2.75) is 25.3 Å². The normalized spacial score (nSPS) is 25.6. The molecular formula is C15H22N4. The molecule has 2 aromatic rings. The van der Waals surface area contributed by atoms with Gasteiger partial charge in [-0.05, 0) is 51.0 Å². The molecule has 4 nitrogen and oxygen atoms in total. The topological polar surface area (TPSA) is 46.6 Å². The molecule has 1 fully saturated rings. The minimum Gasteiger partial charge on any atom is -0.330 e. The van der Waals surface area contributed by atoms with Gasteiger partial charge in [-0.15, -0.1) is 0 Å².